The second-order valence-electron chi connectivity index (χ2n) is 5.51. The van der Waals surface area contributed by atoms with Crippen LogP contribution in [0.15, 0.2) is 48.7 Å². The summed E-state index contributed by atoms with van der Waals surface area (Å²) in [7, 11) is 0. The molecule has 7 heteroatoms. The van der Waals surface area contributed by atoms with Crippen LogP contribution in [-0.4, -0.2) is 21.5 Å². The Bertz CT molecular complexity index is 900. The minimum absolute atomic E-state index is 0.430. The fraction of sp³-hybridized carbons (Fsp3) is 0.158. The Morgan fingerprint density at radius 3 is 2.62 bits per heavy atom. The Balaban J connectivity index is 1.53. The third-order valence-electron chi connectivity index (χ3n) is 3.52. The van der Waals surface area contributed by atoms with Crippen LogP contribution in [0.25, 0.3) is 4.85 Å². The SMILES string of the molecule is [C-]#[N+]c1ccc(Oc2ccc(CCNc3cc(Cl)nc(C)n3)cc2)nc1. The highest BCUT2D eigenvalue weighted by Gasteiger charge is 2.02. The van der Waals surface area contributed by atoms with Crippen LogP contribution >= 0.6 is 11.6 Å². The van der Waals surface area contributed by atoms with Gasteiger partial charge in [-0.3, -0.25) is 0 Å². The van der Waals surface area contributed by atoms with E-state index >= 15 is 0 Å². The third-order valence-corrected chi connectivity index (χ3v) is 3.72. The van der Waals surface area contributed by atoms with Gasteiger partial charge in [0.2, 0.25) is 11.6 Å². The van der Waals surface area contributed by atoms with Crippen LogP contribution in [0, 0.1) is 13.5 Å². The predicted molar refractivity (Wildman–Crippen MR) is 101 cm³/mol. The van der Waals surface area contributed by atoms with Crippen LogP contribution in [0.3, 0.4) is 0 Å². The van der Waals surface area contributed by atoms with Gasteiger partial charge in [0.1, 0.15) is 22.5 Å². The molecule has 26 heavy (non-hydrogen) atoms. The molecule has 1 aromatic carbocycles. The van der Waals surface area contributed by atoms with Gasteiger partial charge in [-0.15, -0.1) is 0 Å². The zero-order valence-corrected chi connectivity index (χ0v) is 14.9. The molecule has 130 valence electrons. The van der Waals surface area contributed by atoms with E-state index in [9.17, 15) is 0 Å². The van der Waals surface area contributed by atoms with Gasteiger partial charge in [-0.1, -0.05) is 23.7 Å². The number of hydrogen-bond donors (Lipinski definition) is 1. The molecule has 2 aromatic heterocycles. The van der Waals surface area contributed by atoms with Crippen molar-refractivity contribution in [1.29, 1.82) is 0 Å². The highest BCUT2D eigenvalue weighted by molar-refractivity contribution is 6.29. The van der Waals surface area contributed by atoms with Crippen LogP contribution in [0.1, 0.15) is 11.4 Å². The van der Waals surface area contributed by atoms with Crippen LogP contribution in [-0.2, 0) is 6.42 Å². The van der Waals surface area contributed by atoms with Crippen LogP contribution < -0.4 is 10.1 Å². The van der Waals surface area contributed by atoms with E-state index in [1.54, 1.807) is 25.1 Å². The number of hydrogen-bond acceptors (Lipinski definition) is 5. The lowest BCUT2D eigenvalue weighted by Gasteiger charge is -2.08. The first-order valence-electron chi connectivity index (χ1n) is 7.98. The third kappa shape index (κ3) is 4.91. The number of pyridine rings is 1. The standard InChI is InChI=1S/C19H16ClN5O/c1-13-24-17(20)11-18(25-13)22-10-9-14-3-6-16(7-4-14)26-19-8-5-15(21-2)12-23-19/h3-8,11-12H,9-10H2,1H3,(H,22,24,25). The molecule has 0 amide bonds. The first-order valence-corrected chi connectivity index (χ1v) is 8.35. The highest BCUT2D eigenvalue weighted by Crippen LogP contribution is 2.22. The Morgan fingerprint density at radius 1 is 1.15 bits per heavy atom. The summed E-state index contributed by atoms with van der Waals surface area (Å²) in [6.45, 7) is 9.45. The number of aryl methyl sites for hydroxylation is 1. The van der Waals surface area contributed by atoms with Crippen molar-refractivity contribution in [3.63, 3.8) is 0 Å². The Hall–Kier alpha value is -3.17. The normalized spacial score (nSPS) is 10.2. The maximum absolute atomic E-state index is 6.92. The van der Waals surface area contributed by atoms with E-state index < -0.39 is 0 Å². The van der Waals surface area contributed by atoms with Gasteiger partial charge in [-0.05, 0) is 43.2 Å². The number of halogens is 1. The van der Waals surface area contributed by atoms with Gasteiger partial charge < -0.3 is 10.1 Å². The van der Waals surface area contributed by atoms with Gasteiger partial charge in [0.05, 0.1) is 6.57 Å². The van der Waals surface area contributed by atoms with Gasteiger partial charge in [0, 0.05) is 18.8 Å². The first kappa shape index (κ1) is 17.6. The fourth-order valence-electron chi connectivity index (χ4n) is 2.30. The number of aromatic nitrogens is 3. The molecule has 0 bridgehead atoms. The van der Waals surface area contributed by atoms with E-state index in [4.69, 9.17) is 22.9 Å². The molecule has 6 nitrogen and oxygen atoms in total. The molecular formula is C19H16ClN5O. The minimum Gasteiger partial charge on any atom is -0.439 e. The van der Waals surface area contributed by atoms with Gasteiger partial charge in [0.15, 0.2) is 0 Å². The van der Waals surface area contributed by atoms with Crippen LogP contribution in [0.2, 0.25) is 5.15 Å². The fourth-order valence-corrected chi connectivity index (χ4v) is 2.53. The molecule has 0 radical (unpaired) electrons. The molecule has 3 aromatic rings. The molecule has 0 saturated carbocycles. The van der Waals surface area contributed by atoms with E-state index in [1.165, 1.54) is 6.20 Å². The van der Waals surface area contributed by atoms with Crippen molar-refractivity contribution in [3.05, 3.63) is 76.6 Å². The summed E-state index contributed by atoms with van der Waals surface area (Å²) in [5, 5.41) is 3.67. The van der Waals surface area contributed by atoms with E-state index in [1.807, 2.05) is 24.3 Å². The molecule has 0 unspecified atom stereocenters. The number of ether oxygens (including phenoxy) is 1. The van der Waals surface area contributed by atoms with Crippen LogP contribution in [0.5, 0.6) is 11.6 Å². The van der Waals surface area contributed by atoms with Gasteiger partial charge >= 0.3 is 0 Å². The van der Waals surface area contributed by atoms with E-state index in [0.717, 1.165) is 24.3 Å². The molecule has 0 aliphatic carbocycles. The van der Waals surface area contributed by atoms with Crippen molar-refractivity contribution in [3.8, 4) is 11.6 Å². The molecule has 0 aliphatic heterocycles. The summed E-state index contributed by atoms with van der Waals surface area (Å²) in [6, 6.07) is 12.9. The molecular weight excluding hydrogens is 350 g/mol. The smallest absolute Gasteiger partial charge is 0.216 e. The average molecular weight is 366 g/mol. The Morgan fingerprint density at radius 2 is 1.96 bits per heavy atom. The summed E-state index contributed by atoms with van der Waals surface area (Å²) < 4.78 is 5.67. The molecule has 1 N–H and O–H groups in total. The van der Waals surface area contributed by atoms with E-state index in [0.29, 0.717) is 28.3 Å². The quantitative estimate of drug-likeness (QED) is 0.500. The number of nitrogens with one attached hydrogen (secondary N) is 1. The number of nitrogens with zero attached hydrogens (tertiary/aromatic N) is 4. The largest absolute Gasteiger partial charge is 0.439 e. The molecule has 0 atom stereocenters. The van der Waals surface area contributed by atoms with E-state index in [2.05, 4.69) is 25.1 Å². The van der Waals surface area contributed by atoms with Gasteiger partial charge in [0.25, 0.3) is 0 Å². The lowest BCUT2D eigenvalue weighted by atomic mass is 10.1. The highest BCUT2D eigenvalue weighted by atomic mass is 35.5. The maximum atomic E-state index is 6.92. The van der Waals surface area contributed by atoms with Crippen LogP contribution in [0.4, 0.5) is 11.5 Å². The molecule has 0 saturated heterocycles. The summed E-state index contributed by atoms with van der Waals surface area (Å²) in [5.41, 5.74) is 1.65. The zero-order chi connectivity index (χ0) is 18.4. The van der Waals surface area contributed by atoms with Crippen molar-refractivity contribution in [2.45, 2.75) is 13.3 Å². The summed E-state index contributed by atoms with van der Waals surface area (Å²) in [6.07, 6.45) is 2.32. The van der Waals surface area contributed by atoms with Crippen molar-refractivity contribution in [2.24, 2.45) is 0 Å². The summed E-state index contributed by atoms with van der Waals surface area (Å²) in [4.78, 5) is 15.7. The second kappa shape index (κ2) is 8.28. The summed E-state index contributed by atoms with van der Waals surface area (Å²) in [5.74, 6) is 2.52. The first-order chi connectivity index (χ1) is 12.6. The molecule has 3 rings (SSSR count). The predicted octanol–water partition coefficient (Wildman–Crippen LogP) is 4.83. The molecule has 0 aliphatic rings. The van der Waals surface area contributed by atoms with Crippen molar-refractivity contribution in [1.82, 2.24) is 15.0 Å². The van der Waals surface area contributed by atoms with Gasteiger partial charge in [-0.2, -0.15) is 0 Å². The van der Waals surface area contributed by atoms with Crippen molar-refractivity contribution < 1.29 is 4.74 Å². The Kier molecular flexibility index (Phi) is 5.62. The van der Waals surface area contributed by atoms with Gasteiger partial charge in [-0.25, -0.2) is 19.8 Å². The minimum atomic E-state index is 0.430. The monoisotopic (exact) mass is 365 g/mol. The van der Waals surface area contributed by atoms with Crippen molar-refractivity contribution >= 4 is 23.1 Å². The maximum Gasteiger partial charge on any atom is 0.216 e. The summed E-state index contributed by atoms with van der Waals surface area (Å²) >= 11 is 5.92. The lowest BCUT2D eigenvalue weighted by Crippen LogP contribution is -2.07. The molecule has 0 fully saturated rings. The Labute approximate surface area is 156 Å². The number of rotatable bonds is 6. The van der Waals surface area contributed by atoms with Crippen molar-refractivity contribution in [2.75, 3.05) is 11.9 Å². The number of anilines is 1. The number of benzene rings is 1. The average Bonchev–Trinajstić information content (AvgIpc) is 2.63. The zero-order valence-electron chi connectivity index (χ0n) is 14.1. The second-order valence-corrected chi connectivity index (χ2v) is 5.90. The lowest BCUT2D eigenvalue weighted by molar-refractivity contribution is 0.463. The van der Waals surface area contributed by atoms with E-state index in [-0.39, 0.29) is 0 Å². The molecule has 0 spiro atoms. The topological polar surface area (TPSA) is 64.3 Å². The molecule has 2 heterocycles.